The molecular weight excluding hydrogens is 558 g/mol. The second-order valence-electron chi connectivity index (χ2n) is 13.0. The van der Waals surface area contributed by atoms with E-state index < -0.39 is 0 Å². The van der Waals surface area contributed by atoms with E-state index in [0.717, 1.165) is 51.4 Å². The smallest absolute Gasteiger partial charge is 0.163 e. The van der Waals surface area contributed by atoms with E-state index in [0.29, 0.717) is 23.3 Å². The number of hydrogen-bond donors (Lipinski definition) is 0. The van der Waals surface area contributed by atoms with Crippen LogP contribution in [0, 0.1) is 0 Å². The summed E-state index contributed by atoms with van der Waals surface area (Å²) >= 11 is 0. The molecule has 0 unspecified atom stereocenters. The molecular formula is C36H43N9. The van der Waals surface area contributed by atoms with Crippen molar-refractivity contribution in [3.05, 3.63) is 77.7 Å². The maximum atomic E-state index is 4.98. The van der Waals surface area contributed by atoms with Crippen LogP contribution in [0.25, 0.3) is 45.6 Å². The summed E-state index contributed by atoms with van der Waals surface area (Å²) in [7, 11) is 0. The van der Waals surface area contributed by atoms with Gasteiger partial charge in [-0.25, -0.2) is 44.9 Å². The molecule has 0 N–H and O–H groups in total. The molecule has 0 saturated carbocycles. The summed E-state index contributed by atoms with van der Waals surface area (Å²) in [4.78, 5) is 43.4. The van der Waals surface area contributed by atoms with Crippen LogP contribution >= 0.6 is 0 Å². The molecule has 9 nitrogen and oxygen atoms in total. The summed E-state index contributed by atoms with van der Waals surface area (Å²) in [5.74, 6) is 7.25. The first-order chi connectivity index (χ1) is 21.4. The van der Waals surface area contributed by atoms with Gasteiger partial charge in [-0.15, -0.1) is 0 Å². The normalized spacial score (nSPS) is 11.9. The lowest BCUT2D eigenvalue weighted by atomic mass is 10.1. The highest BCUT2D eigenvalue weighted by molar-refractivity contribution is 5.70. The van der Waals surface area contributed by atoms with Gasteiger partial charge in [0.05, 0.1) is 0 Å². The van der Waals surface area contributed by atoms with E-state index in [1.807, 2.05) is 36.4 Å². The summed E-state index contributed by atoms with van der Waals surface area (Å²) in [5, 5.41) is 0. The molecule has 0 aliphatic rings. The van der Waals surface area contributed by atoms with E-state index in [1.165, 1.54) is 0 Å². The van der Waals surface area contributed by atoms with Gasteiger partial charge >= 0.3 is 0 Å². The molecule has 3 heterocycles. The zero-order chi connectivity index (χ0) is 32.4. The Morgan fingerprint density at radius 2 is 0.533 bits per heavy atom. The van der Waals surface area contributed by atoms with Crippen LogP contribution in [0.5, 0.6) is 0 Å². The van der Waals surface area contributed by atoms with Gasteiger partial charge in [-0.1, -0.05) is 106 Å². The van der Waals surface area contributed by atoms with Gasteiger partial charge < -0.3 is 0 Å². The Morgan fingerprint density at radius 1 is 0.311 bits per heavy atom. The summed E-state index contributed by atoms with van der Waals surface area (Å²) < 4.78 is 0. The van der Waals surface area contributed by atoms with Gasteiger partial charge in [0.1, 0.15) is 29.1 Å². The van der Waals surface area contributed by atoms with Crippen LogP contribution in [0.4, 0.5) is 0 Å². The van der Waals surface area contributed by atoms with Crippen LogP contribution in [0.15, 0.2) is 48.5 Å². The second-order valence-corrected chi connectivity index (χ2v) is 13.0. The molecule has 0 radical (unpaired) electrons. The van der Waals surface area contributed by atoms with Crippen LogP contribution < -0.4 is 0 Å². The Bertz CT molecular complexity index is 1630. The molecule has 45 heavy (non-hydrogen) atoms. The van der Waals surface area contributed by atoms with E-state index in [9.17, 15) is 0 Å². The fraction of sp³-hybridized carbons (Fsp3) is 0.417. The van der Waals surface area contributed by atoms with Crippen LogP contribution in [-0.2, 0) is 0 Å². The Labute approximate surface area is 266 Å². The van der Waals surface area contributed by atoms with Gasteiger partial charge in [-0.3, -0.25) is 0 Å². The third kappa shape index (κ3) is 7.24. The van der Waals surface area contributed by atoms with E-state index in [1.54, 1.807) is 0 Å². The minimum Gasteiger partial charge on any atom is -0.217 e. The maximum Gasteiger partial charge on any atom is 0.163 e. The molecule has 232 valence electrons. The third-order valence-corrected chi connectivity index (χ3v) is 7.33. The Morgan fingerprint density at radius 3 is 0.778 bits per heavy atom. The van der Waals surface area contributed by atoms with Gasteiger partial charge in [-0.2, -0.15) is 0 Å². The van der Waals surface area contributed by atoms with Crippen LogP contribution in [0.1, 0.15) is 128 Å². The van der Waals surface area contributed by atoms with E-state index in [-0.39, 0.29) is 29.6 Å². The largest absolute Gasteiger partial charge is 0.217 e. The first-order valence-electron chi connectivity index (χ1n) is 15.9. The van der Waals surface area contributed by atoms with Crippen molar-refractivity contribution in [2.24, 2.45) is 0 Å². The predicted molar refractivity (Wildman–Crippen MR) is 179 cm³/mol. The Hall–Kier alpha value is -4.53. The van der Waals surface area contributed by atoms with Gasteiger partial charge in [0.15, 0.2) is 23.3 Å². The fourth-order valence-electron chi connectivity index (χ4n) is 4.61. The maximum absolute atomic E-state index is 4.98. The van der Waals surface area contributed by atoms with Crippen LogP contribution in [0.3, 0.4) is 0 Å². The highest BCUT2D eigenvalue weighted by Gasteiger charge is 2.18. The highest BCUT2D eigenvalue weighted by Crippen LogP contribution is 2.29. The van der Waals surface area contributed by atoms with Gasteiger partial charge in [0, 0.05) is 51.8 Å². The summed E-state index contributed by atoms with van der Waals surface area (Å²) in [6.07, 6.45) is 0. The molecule has 3 aromatic heterocycles. The second kappa shape index (κ2) is 13.2. The van der Waals surface area contributed by atoms with Crippen molar-refractivity contribution in [1.82, 2.24) is 44.9 Å². The first-order valence-corrected chi connectivity index (χ1v) is 15.9. The Kier molecular flexibility index (Phi) is 9.37. The molecule has 0 saturated heterocycles. The number of benzene rings is 2. The topological polar surface area (TPSA) is 116 Å². The molecule has 0 fully saturated rings. The quantitative estimate of drug-likeness (QED) is 0.164. The molecule has 0 amide bonds. The SMILES string of the molecule is CC(C)c1nc(-c2cccc(-c3nc(C(C)C)nc(C(C)C)n3)c2)nc(-c2cccc(-c3nc(C(C)C)nc(C(C)C)n3)c2)n1. The molecule has 0 aliphatic heterocycles. The number of rotatable bonds is 9. The average Bonchev–Trinajstić information content (AvgIpc) is 3.04. The van der Waals surface area contributed by atoms with Gasteiger partial charge in [-0.05, 0) is 12.1 Å². The van der Waals surface area contributed by atoms with Crippen LogP contribution in [-0.4, -0.2) is 44.9 Å². The van der Waals surface area contributed by atoms with Crippen molar-refractivity contribution in [3.63, 3.8) is 0 Å². The van der Waals surface area contributed by atoms with Crippen molar-refractivity contribution in [3.8, 4) is 45.6 Å². The van der Waals surface area contributed by atoms with Gasteiger partial charge in [0.25, 0.3) is 0 Å². The summed E-state index contributed by atoms with van der Waals surface area (Å²) in [6, 6.07) is 16.2. The monoisotopic (exact) mass is 601 g/mol. The van der Waals surface area contributed by atoms with E-state index in [2.05, 4.69) is 81.4 Å². The van der Waals surface area contributed by atoms with Crippen molar-refractivity contribution in [1.29, 1.82) is 0 Å². The average molecular weight is 602 g/mol. The summed E-state index contributed by atoms with van der Waals surface area (Å²) in [5.41, 5.74) is 3.52. The molecule has 2 aromatic carbocycles. The lowest BCUT2D eigenvalue weighted by molar-refractivity contribution is 0.697. The summed E-state index contributed by atoms with van der Waals surface area (Å²) in [6.45, 7) is 21.0. The zero-order valence-electron chi connectivity index (χ0n) is 28.0. The Balaban J connectivity index is 1.60. The van der Waals surface area contributed by atoms with Crippen molar-refractivity contribution < 1.29 is 0 Å². The standard InChI is InChI=1S/C36H43N9/c1-19(2)28-37-29(20(3)4)40-33(39-28)24-13-11-15-26(17-24)35-43-32(23(9)10)44-36(45-35)27-16-12-14-25(18-27)34-41-30(21(5)6)38-31(42-34)22(7)8/h11-23H,1-10H3. The van der Waals surface area contributed by atoms with Gasteiger partial charge in [0.2, 0.25) is 0 Å². The lowest BCUT2D eigenvalue weighted by Crippen LogP contribution is -2.08. The minimum atomic E-state index is 0.105. The van der Waals surface area contributed by atoms with Crippen molar-refractivity contribution >= 4 is 0 Å². The lowest BCUT2D eigenvalue weighted by Gasteiger charge is -2.13. The highest BCUT2D eigenvalue weighted by atomic mass is 15.1. The number of aromatic nitrogens is 9. The fourth-order valence-corrected chi connectivity index (χ4v) is 4.61. The molecule has 5 rings (SSSR count). The molecule has 0 bridgehead atoms. The predicted octanol–water partition coefficient (Wildman–Crippen LogP) is 8.53. The third-order valence-electron chi connectivity index (χ3n) is 7.33. The minimum absolute atomic E-state index is 0.105. The van der Waals surface area contributed by atoms with E-state index in [4.69, 9.17) is 44.9 Å². The van der Waals surface area contributed by atoms with Crippen LogP contribution in [0.2, 0.25) is 0 Å². The molecule has 0 spiro atoms. The molecule has 0 aliphatic carbocycles. The number of hydrogen-bond acceptors (Lipinski definition) is 9. The van der Waals surface area contributed by atoms with Crippen molar-refractivity contribution in [2.45, 2.75) is 98.8 Å². The zero-order valence-corrected chi connectivity index (χ0v) is 28.0. The number of nitrogens with zero attached hydrogens (tertiary/aromatic N) is 9. The van der Waals surface area contributed by atoms with E-state index >= 15 is 0 Å². The molecule has 5 aromatic rings. The molecule has 9 heteroatoms. The molecule has 0 atom stereocenters. The van der Waals surface area contributed by atoms with Crippen molar-refractivity contribution in [2.75, 3.05) is 0 Å². The first kappa shape index (κ1) is 31.9.